The lowest BCUT2D eigenvalue weighted by Gasteiger charge is -2.54. The molecule has 1 N–H and O–H groups in total. The van der Waals surface area contributed by atoms with E-state index in [4.69, 9.17) is 23.2 Å². The number of hydrogen-bond acceptors (Lipinski definition) is 1. The van der Waals surface area contributed by atoms with Gasteiger partial charge in [0.05, 0.1) is 0 Å². The van der Waals surface area contributed by atoms with Crippen LogP contribution in [0.2, 0.25) is 10.0 Å². The third-order valence-corrected chi connectivity index (χ3v) is 4.70. The van der Waals surface area contributed by atoms with Crippen LogP contribution in [0, 0.1) is 11.3 Å². The molecule has 0 atom stereocenters. The Morgan fingerprint density at radius 3 is 2.35 bits per heavy atom. The highest BCUT2D eigenvalue weighted by molar-refractivity contribution is 6.35. The topological polar surface area (TPSA) is 12.0 Å². The van der Waals surface area contributed by atoms with E-state index in [1.165, 1.54) is 18.4 Å². The second kappa shape index (κ2) is 5.87. The summed E-state index contributed by atoms with van der Waals surface area (Å²) in [5.41, 5.74) is 1.82. The zero-order chi connectivity index (χ0) is 15.0. The van der Waals surface area contributed by atoms with Crippen LogP contribution < -0.4 is 5.32 Å². The molecule has 0 spiro atoms. The van der Waals surface area contributed by atoms with Gasteiger partial charge in [0, 0.05) is 22.0 Å². The SMILES string of the molecule is CC(C)CNCC1(c2ccc(Cl)cc2Cl)CC(C)(C)C1. The van der Waals surface area contributed by atoms with Crippen molar-refractivity contribution < 1.29 is 0 Å². The molecule has 0 unspecified atom stereocenters. The van der Waals surface area contributed by atoms with E-state index < -0.39 is 0 Å². The summed E-state index contributed by atoms with van der Waals surface area (Å²) in [6.45, 7) is 11.2. The van der Waals surface area contributed by atoms with Crippen molar-refractivity contribution in [3.8, 4) is 0 Å². The molecule has 0 aliphatic heterocycles. The predicted molar refractivity (Wildman–Crippen MR) is 88.9 cm³/mol. The van der Waals surface area contributed by atoms with E-state index in [1.807, 2.05) is 12.1 Å². The third kappa shape index (κ3) is 3.50. The zero-order valence-electron chi connectivity index (χ0n) is 12.9. The van der Waals surface area contributed by atoms with Gasteiger partial charge in [-0.25, -0.2) is 0 Å². The maximum atomic E-state index is 6.45. The summed E-state index contributed by atoms with van der Waals surface area (Å²) in [7, 11) is 0. The van der Waals surface area contributed by atoms with Crippen LogP contribution in [0.3, 0.4) is 0 Å². The first-order valence-electron chi connectivity index (χ1n) is 7.40. The van der Waals surface area contributed by atoms with Crippen LogP contribution >= 0.6 is 23.2 Å². The van der Waals surface area contributed by atoms with Gasteiger partial charge in [0.25, 0.3) is 0 Å². The summed E-state index contributed by atoms with van der Waals surface area (Å²) >= 11 is 12.5. The Labute approximate surface area is 133 Å². The number of benzene rings is 1. The molecule has 0 heterocycles. The van der Waals surface area contributed by atoms with Gasteiger partial charge in [-0.2, -0.15) is 0 Å². The molecule has 0 saturated heterocycles. The van der Waals surface area contributed by atoms with Crippen LogP contribution in [0.15, 0.2) is 18.2 Å². The Kier molecular flexibility index (Phi) is 4.73. The van der Waals surface area contributed by atoms with E-state index in [9.17, 15) is 0 Å². The molecule has 0 amide bonds. The first-order valence-corrected chi connectivity index (χ1v) is 8.16. The van der Waals surface area contributed by atoms with Crippen molar-refractivity contribution in [3.05, 3.63) is 33.8 Å². The van der Waals surface area contributed by atoms with Crippen LogP contribution in [0.4, 0.5) is 0 Å². The van der Waals surface area contributed by atoms with Gasteiger partial charge in [-0.15, -0.1) is 0 Å². The smallest absolute Gasteiger partial charge is 0.0458 e. The van der Waals surface area contributed by atoms with Crippen molar-refractivity contribution in [3.63, 3.8) is 0 Å². The second-order valence-electron chi connectivity index (χ2n) is 7.45. The number of halogens is 2. The molecule has 1 aromatic carbocycles. The van der Waals surface area contributed by atoms with Crippen molar-refractivity contribution >= 4 is 23.2 Å². The van der Waals surface area contributed by atoms with Crippen LogP contribution in [0.5, 0.6) is 0 Å². The zero-order valence-corrected chi connectivity index (χ0v) is 14.4. The lowest BCUT2D eigenvalue weighted by Crippen LogP contribution is -2.53. The molecule has 2 rings (SSSR count). The lowest BCUT2D eigenvalue weighted by molar-refractivity contribution is 0.0559. The van der Waals surface area contributed by atoms with E-state index in [-0.39, 0.29) is 5.41 Å². The van der Waals surface area contributed by atoms with E-state index in [1.54, 1.807) is 0 Å². The van der Waals surface area contributed by atoms with Crippen LogP contribution in [0.1, 0.15) is 46.1 Å². The van der Waals surface area contributed by atoms with E-state index in [0.717, 1.165) is 18.1 Å². The van der Waals surface area contributed by atoms with Gasteiger partial charge in [-0.05, 0) is 48.4 Å². The molecule has 1 aliphatic carbocycles. The molecule has 1 nitrogen and oxygen atoms in total. The second-order valence-corrected chi connectivity index (χ2v) is 8.29. The highest BCUT2D eigenvalue weighted by atomic mass is 35.5. The average molecular weight is 314 g/mol. The van der Waals surface area contributed by atoms with Crippen molar-refractivity contribution in [2.24, 2.45) is 11.3 Å². The van der Waals surface area contributed by atoms with Gasteiger partial charge in [-0.1, -0.05) is 57.0 Å². The molecule has 1 aromatic rings. The van der Waals surface area contributed by atoms with E-state index in [0.29, 0.717) is 16.4 Å². The molecule has 1 saturated carbocycles. The highest BCUT2D eigenvalue weighted by Gasteiger charge is 2.50. The first kappa shape index (κ1) is 16.1. The summed E-state index contributed by atoms with van der Waals surface area (Å²) < 4.78 is 0. The van der Waals surface area contributed by atoms with Gasteiger partial charge in [-0.3, -0.25) is 0 Å². The average Bonchev–Trinajstić information content (AvgIpc) is 2.25. The minimum Gasteiger partial charge on any atom is -0.316 e. The Hall–Kier alpha value is -0.240. The molecule has 0 aromatic heterocycles. The quantitative estimate of drug-likeness (QED) is 0.778. The fraction of sp³-hybridized carbons (Fsp3) is 0.647. The minimum absolute atomic E-state index is 0.167. The fourth-order valence-electron chi connectivity index (χ4n) is 3.71. The first-order chi connectivity index (χ1) is 9.24. The molecule has 1 aliphatic rings. The molecule has 20 heavy (non-hydrogen) atoms. The molecule has 3 heteroatoms. The Bertz CT molecular complexity index is 472. The molecular formula is C17H25Cl2N. The van der Waals surface area contributed by atoms with Gasteiger partial charge in [0.1, 0.15) is 0 Å². The Morgan fingerprint density at radius 1 is 1.20 bits per heavy atom. The Balaban J connectivity index is 2.19. The van der Waals surface area contributed by atoms with Crippen LogP contribution in [-0.2, 0) is 5.41 Å². The summed E-state index contributed by atoms with van der Waals surface area (Å²) in [6.07, 6.45) is 2.35. The Morgan fingerprint density at radius 2 is 1.85 bits per heavy atom. The summed E-state index contributed by atoms with van der Waals surface area (Å²) in [5.74, 6) is 0.667. The van der Waals surface area contributed by atoms with Crippen molar-refractivity contribution in [1.29, 1.82) is 0 Å². The van der Waals surface area contributed by atoms with Crippen LogP contribution in [0.25, 0.3) is 0 Å². The van der Waals surface area contributed by atoms with Gasteiger partial charge in [0.15, 0.2) is 0 Å². The fourth-order valence-corrected chi connectivity index (χ4v) is 4.32. The maximum Gasteiger partial charge on any atom is 0.0458 e. The number of rotatable bonds is 5. The molecule has 0 radical (unpaired) electrons. The summed E-state index contributed by atoms with van der Waals surface area (Å²) in [5, 5.41) is 5.13. The third-order valence-electron chi connectivity index (χ3n) is 4.15. The predicted octanol–water partition coefficient (Wildman–Crippen LogP) is 5.30. The largest absolute Gasteiger partial charge is 0.316 e. The molecule has 1 fully saturated rings. The standard InChI is InChI=1S/C17H25Cl2N/c1-12(2)8-20-11-17(9-16(3,4)10-17)14-6-5-13(18)7-15(14)19/h5-7,12,20H,8-11H2,1-4H3. The summed E-state index contributed by atoms with van der Waals surface area (Å²) in [4.78, 5) is 0. The van der Waals surface area contributed by atoms with Crippen molar-refractivity contribution in [2.45, 2.75) is 46.0 Å². The molecular weight excluding hydrogens is 289 g/mol. The van der Waals surface area contributed by atoms with E-state index >= 15 is 0 Å². The van der Waals surface area contributed by atoms with Gasteiger partial charge < -0.3 is 5.32 Å². The van der Waals surface area contributed by atoms with Gasteiger partial charge in [0.2, 0.25) is 0 Å². The summed E-state index contributed by atoms with van der Waals surface area (Å²) in [6, 6.07) is 5.93. The van der Waals surface area contributed by atoms with E-state index in [2.05, 4.69) is 39.1 Å². The lowest BCUT2D eigenvalue weighted by atomic mass is 9.52. The van der Waals surface area contributed by atoms with Crippen molar-refractivity contribution in [1.82, 2.24) is 5.32 Å². The highest BCUT2D eigenvalue weighted by Crippen LogP contribution is 2.56. The maximum absolute atomic E-state index is 6.45. The van der Waals surface area contributed by atoms with Crippen LogP contribution in [-0.4, -0.2) is 13.1 Å². The normalized spacial score (nSPS) is 19.9. The molecule has 0 bridgehead atoms. The monoisotopic (exact) mass is 313 g/mol. The number of hydrogen-bond donors (Lipinski definition) is 1. The molecule has 112 valence electrons. The van der Waals surface area contributed by atoms with Gasteiger partial charge >= 0.3 is 0 Å². The van der Waals surface area contributed by atoms with Crippen molar-refractivity contribution in [2.75, 3.05) is 13.1 Å². The number of nitrogens with one attached hydrogen (secondary N) is 1. The minimum atomic E-state index is 0.167.